The average Bonchev–Trinajstić information content (AvgIpc) is 3.30. The molecule has 1 amide bonds. The van der Waals surface area contributed by atoms with Crippen LogP contribution < -0.4 is 5.32 Å². The van der Waals surface area contributed by atoms with E-state index in [1.807, 2.05) is 24.3 Å². The van der Waals surface area contributed by atoms with Gasteiger partial charge in [0, 0.05) is 47.7 Å². The lowest BCUT2D eigenvalue weighted by atomic mass is 10.0. The van der Waals surface area contributed by atoms with E-state index in [4.69, 9.17) is 4.98 Å². The van der Waals surface area contributed by atoms with E-state index in [0.29, 0.717) is 12.1 Å². The molecule has 0 saturated carbocycles. The Kier molecular flexibility index (Phi) is 9.10. The summed E-state index contributed by atoms with van der Waals surface area (Å²) in [6.07, 6.45) is 2.92. The zero-order chi connectivity index (χ0) is 26.0. The number of nitrogens with zero attached hydrogens (tertiary/aromatic N) is 3. The average molecular weight is 515 g/mol. The molecule has 0 aliphatic rings. The van der Waals surface area contributed by atoms with Crippen molar-refractivity contribution in [2.24, 2.45) is 0 Å². The minimum Gasteiger partial charge on any atom is -0.352 e. The molecule has 0 bridgehead atoms. The van der Waals surface area contributed by atoms with Gasteiger partial charge >= 0.3 is 0 Å². The third-order valence-corrected chi connectivity index (χ3v) is 7.00. The number of hydrogen-bond donors (Lipinski definition) is 1. The lowest BCUT2D eigenvalue weighted by Crippen LogP contribution is -2.24. The molecular formula is C29H30N4O3S. The van der Waals surface area contributed by atoms with Crippen LogP contribution in [-0.4, -0.2) is 32.7 Å². The van der Waals surface area contributed by atoms with Crippen LogP contribution in [0.1, 0.15) is 36.5 Å². The van der Waals surface area contributed by atoms with Crippen LogP contribution in [0.25, 0.3) is 22.5 Å². The van der Waals surface area contributed by atoms with Crippen LogP contribution in [0.4, 0.5) is 5.69 Å². The van der Waals surface area contributed by atoms with Crippen molar-refractivity contribution in [3.05, 3.63) is 101 Å². The smallest absolute Gasteiger partial charge is 0.269 e. The first-order valence-corrected chi connectivity index (χ1v) is 13.4. The molecule has 0 atom stereocenters. The van der Waals surface area contributed by atoms with E-state index >= 15 is 0 Å². The van der Waals surface area contributed by atoms with Crippen molar-refractivity contribution < 1.29 is 9.72 Å². The summed E-state index contributed by atoms with van der Waals surface area (Å²) in [7, 11) is 0. The van der Waals surface area contributed by atoms with Crippen molar-refractivity contribution >= 4 is 23.4 Å². The topological polar surface area (TPSA) is 90.1 Å². The van der Waals surface area contributed by atoms with Gasteiger partial charge in [-0.2, -0.15) is 0 Å². The first kappa shape index (κ1) is 26.2. The number of hydrogen-bond acceptors (Lipinski definition) is 5. The van der Waals surface area contributed by atoms with Crippen LogP contribution in [0, 0.1) is 10.1 Å². The van der Waals surface area contributed by atoms with Crippen LogP contribution in [0.15, 0.2) is 90.1 Å². The molecule has 190 valence electrons. The molecule has 37 heavy (non-hydrogen) atoms. The normalized spacial score (nSPS) is 10.8. The summed E-state index contributed by atoms with van der Waals surface area (Å²) >= 11 is 1.70. The maximum atomic E-state index is 12.4. The highest BCUT2D eigenvalue weighted by atomic mass is 32.2. The summed E-state index contributed by atoms with van der Waals surface area (Å²) < 4.78 is 2.33. The molecule has 0 saturated heterocycles. The number of non-ortho nitro benzene ring substituents is 1. The standard InChI is InChI=1S/C29H30N4O3S/c1-2-3-20-32-27(23-13-8-5-9-14-23)26(22-11-6-4-7-12-22)31-29(32)37-21-10-19-30-28(34)24-15-17-25(18-16-24)33(35)36/h4-9,11-18H,2-3,10,19-21H2,1H3,(H,30,34). The molecule has 4 rings (SSSR count). The van der Waals surface area contributed by atoms with Crippen molar-refractivity contribution in [1.82, 2.24) is 14.9 Å². The zero-order valence-corrected chi connectivity index (χ0v) is 21.6. The monoisotopic (exact) mass is 514 g/mol. The molecule has 3 aromatic carbocycles. The molecule has 1 aromatic heterocycles. The number of nitro benzene ring substituents is 1. The van der Waals surface area contributed by atoms with Gasteiger partial charge in [0.05, 0.1) is 16.3 Å². The molecule has 7 nitrogen and oxygen atoms in total. The van der Waals surface area contributed by atoms with Gasteiger partial charge < -0.3 is 9.88 Å². The molecule has 1 heterocycles. The third kappa shape index (κ3) is 6.65. The Morgan fingerprint density at radius 2 is 1.59 bits per heavy atom. The predicted molar refractivity (Wildman–Crippen MR) is 149 cm³/mol. The number of nitro groups is 1. The fourth-order valence-corrected chi connectivity index (χ4v) is 4.99. The van der Waals surface area contributed by atoms with Crippen molar-refractivity contribution in [2.75, 3.05) is 12.3 Å². The van der Waals surface area contributed by atoms with Crippen molar-refractivity contribution in [1.29, 1.82) is 0 Å². The van der Waals surface area contributed by atoms with Gasteiger partial charge in [0.1, 0.15) is 0 Å². The second-order valence-corrected chi connectivity index (χ2v) is 9.65. The minimum atomic E-state index is -0.476. The van der Waals surface area contributed by atoms with Crippen LogP contribution in [0.2, 0.25) is 0 Å². The number of carbonyl (C=O) groups excluding carboxylic acids is 1. The quantitative estimate of drug-likeness (QED) is 0.0968. The molecule has 0 unspecified atom stereocenters. The molecule has 0 aliphatic carbocycles. The second-order valence-electron chi connectivity index (χ2n) is 8.59. The molecule has 0 aliphatic heterocycles. The number of rotatable bonds is 12. The van der Waals surface area contributed by atoms with E-state index in [9.17, 15) is 14.9 Å². The van der Waals surface area contributed by atoms with E-state index in [-0.39, 0.29) is 11.6 Å². The molecule has 8 heteroatoms. The minimum absolute atomic E-state index is 0.0312. The van der Waals surface area contributed by atoms with E-state index in [1.54, 1.807) is 11.8 Å². The first-order chi connectivity index (χ1) is 18.1. The Balaban J connectivity index is 1.46. The van der Waals surface area contributed by atoms with E-state index in [0.717, 1.165) is 59.2 Å². The Morgan fingerprint density at radius 3 is 2.22 bits per heavy atom. The maximum Gasteiger partial charge on any atom is 0.269 e. The molecule has 1 N–H and O–H groups in total. The summed E-state index contributed by atoms with van der Waals surface area (Å²) in [5, 5.41) is 14.7. The predicted octanol–water partition coefficient (Wildman–Crippen LogP) is 6.84. The molecular weight excluding hydrogens is 484 g/mol. The summed E-state index contributed by atoms with van der Waals surface area (Å²) in [6, 6.07) is 26.3. The molecule has 0 fully saturated rings. The SMILES string of the molecule is CCCCn1c(SCCCNC(=O)c2ccc([N+](=O)[O-])cc2)nc(-c2ccccc2)c1-c1ccccc1. The van der Waals surface area contributed by atoms with Gasteiger partial charge in [-0.05, 0) is 25.0 Å². The number of thioether (sulfide) groups is 1. The van der Waals surface area contributed by atoms with Crippen molar-refractivity contribution in [2.45, 2.75) is 37.9 Å². The fraction of sp³-hybridized carbons (Fsp3) is 0.241. The number of unbranched alkanes of at least 4 members (excludes halogenated alkanes) is 1. The Labute approximate surface area is 221 Å². The van der Waals surface area contributed by atoms with Gasteiger partial charge in [0.15, 0.2) is 5.16 Å². The number of carbonyl (C=O) groups is 1. The number of benzene rings is 3. The third-order valence-electron chi connectivity index (χ3n) is 5.94. The van der Waals surface area contributed by atoms with Gasteiger partial charge in [-0.1, -0.05) is 85.8 Å². The van der Waals surface area contributed by atoms with Gasteiger partial charge in [-0.25, -0.2) is 4.98 Å². The van der Waals surface area contributed by atoms with E-state index in [2.05, 4.69) is 53.2 Å². The highest BCUT2D eigenvalue weighted by Gasteiger charge is 2.20. The lowest BCUT2D eigenvalue weighted by Gasteiger charge is -2.13. The van der Waals surface area contributed by atoms with Crippen molar-refractivity contribution in [3.8, 4) is 22.5 Å². The summed E-state index contributed by atoms with van der Waals surface area (Å²) in [5.41, 5.74) is 4.73. The summed E-state index contributed by atoms with van der Waals surface area (Å²) in [6.45, 7) is 3.59. The number of amides is 1. The van der Waals surface area contributed by atoms with Crippen molar-refractivity contribution in [3.63, 3.8) is 0 Å². The van der Waals surface area contributed by atoms with E-state index in [1.165, 1.54) is 24.3 Å². The van der Waals surface area contributed by atoms with Crippen LogP contribution >= 0.6 is 11.8 Å². The van der Waals surface area contributed by atoms with Crippen LogP contribution in [0.3, 0.4) is 0 Å². The van der Waals surface area contributed by atoms with Gasteiger partial charge in [-0.3, -0.25) is 14.9 Å². The lowest BCUT2D eigenvalue weighted by molar-refractivity contribution is -0.384. The Hall–Kier alpha value is -3.91. The summed E-state index contributed by atoms with van der Waals surface area (Å²) in [4.78, 5) is 27.8. The maximum absolute atomic E-state index is 12.4. The number of imidazole rings is 1. The first-order valence-electron chi connectivity index (χ1n) is 12.4. The fourth-order valence-electron chi connectivity index (χ4n) is 4.03. The molecule has 0 spiro atoms. The van der Waals surface area contributed by atoms with Crippen LogP contribution in [0.5, 0.6) is 0 Å². The summed E-state index contributed by atoms with van der Waals surface area (Å²) in [5.74, 6) is 0.564. The Bertz CT molecular complexity index is 1320. The molecule has 0 radical (unpaired) electrons. The Morgan fingerprint density at radius 1 is 0.946 bits per heavy atom. The highest BCUT2D eigenvalue weighted by molar-refractivity contribution is 7.99. The number of aromatic nitrogens is 2. The van der Waals surface area contributed by atoms with Gasteiger partial charge in [0.25, 0.3) is 11.6 Å². The number of nitrogens with one attached hydrogen (secondary N) is 1. The highest BCUT2D eigenvalue weighted by Crippen LogP contribution is 2.36. The zero-order valence-electron chi connectivity index (χ0n) is 20.8. The second kappa shape index (κ2) is 12.9. The largest absolute Gasteiger partial charge is 0.352 e. The van der Waals surface area contributed by atoms with Gasteiger partial charge in [-0.15, -0.1) is 0 Å². The van der Waals surface area contributed by atoms with Gasteiger partial charge in [0.2, 0.25) is 0 Å². The van der Waals surface area contributed by atoms with E-state index < -0.39 is 4.92 Å². The van der Waals surface area contributed by atoms with Crippen LogP contribution in [-0.2, 0) is 6.54 Å². The molecule has 4 aromatic rings.